The molecule has 0 bridgehead atoms. The van der Waals surface area contributed by atoms with Crippen LogP contribution in [0, 0.1) is 0 Å². The minimum atomic E-state index is -1.94. The molecule has 2 aromatic carbocycles. The third-order valence-electron chi connectivity index (χ3n) is 6.29. The lowest BCUT2D eigenvalue weighted by molar-refractivity contribution is -0.148. The number of carbonyl (C=O) groups is 2. The van der Waals surface area contributed by atoms with Crippen molar-refractivity contribution in [2.45, 2.75) is 30.7 Å². The summed E-state index contributed by atoms with van der Waals surface area (Å²) in [5, 5.41) is 9.22. The normalized spacial score (nSPS) is 25.7. The molecule has 0 saturated carbocycles. The first kappa shape index (κ1) is 23.9. The van der Waals surface area contributed by atoms with Crippen molar-refractivity contribution in [3.8, 4) is 5.75 Å². The second kappa shape index (κ2) is 8.87. The van der Waals surface area contributed by atoms with Crippen LogP contribution in [0.2, 0.25) is 5.02 Å². The zero-order chi connectivity index (χ0) is 24.7. The Kier molecular flexibility index (Phi) is 6.24. The fourth-order valence-corrected chi connectivity index (χ4v) is 4.77. The second-order valence-electron chi connectivity index (χ2n) is 8.50. The van der Waals surface area contributed by atoms with Crippen LogP contribution in [-0.2, 0) is 26.3 Å². The highest BCUT2D eigenvalue weighted by Gasteiger charge is 2.46. The number of primary amides is 1. The van der Waals surface area contributed by atoms with E-state index in [1.54, 1.807) is 12.1 Å². The van der Waals surface area contributed by atoms with Crippen LogP contribution in [0.3, 0.4) is 0 Å². The third kappa shape index (κ3) is 3.98. The molecule has 0 saturated heterocycles. The summed E-state index contributed by atoms with van der Waals surface area (Å²) in [6.07, 6.45) is 0.977. The molecule has 34 heavy (non-hydrogen) atoms. The second-order valence-corrected chi connectivity index (χ2v) is 8.90. The Hall–Kier alpha value is -3.20. The van der Waals surface area contributed by atoms with Gasteiger partial charge in [0.2, 0.25) is 5.91 Å². The zero-order valence-corrected chi connectivity index (χ0v) is 19.1. The van der Waals surface area contributed by atoms with Crippen LogP contribution in [0.4, 0.5) is 4.39 Å². The average Bonchev–Trinajstić information content (AvgIpc) is 3.21. The average molecular weight is 487 g/mol. The van der Waals surface area contributed by atoms with E-state index in [4.69, 9.17) is 37.6 Å². The Balaban J connectivity index is 1.87. The van der Waals surface area contributed by atoms with Crippen LogP contribution in [0.25, 0.3) is 5.57 Å². The largest absolute Gasteiger partial charge is 0.481 e. The van der Waals surface area contributed by atoms with Gasteiger partial charge in [0, 0.05) is 40.3 Å². The maximum Gasteiger partial charge on any atom is 0.329 e. The number of hydrogen-bond donors (Lipinski definition) is 3. The van der Waals surface area contributed by atoms with Gasteiger partial charge in [-0.05, 0) is 30.7 Å². The van der Waals surface area contributed by atoms with E-state index in [1.807, 2.05) is 30.3 Å². The number of fused-ring (bicyclic) bond motifs is 1. The van der Waals surface area contributed by atoms with Crippen LogP contribution in [-0.4, -0.2) is 41.9 Å². The van der Waals surface area contributed by atoms with Crippen LogP contribution < -0.4 is 16.2 Å². The molecule has 2 aliphatic rings. The number of halogens is 2. The molecule has 0 spiro atoms. The number of carbonyl (C=O) groups excluding carboxylic acids is 1. The predicted octanol–water partition coefficient (Wildman–Crippen LogP) is 3.14. The summed E-state index contributed by atoms with van der Waals surface area (Å²) >= 11 is 6.58. The smallest absolute Gasteiger partial charge is 0.329 e. The van der Waals surface area contributed by atoms with Crippen LogP contribution >= 0.6 is 11.6 Å². The van der Waals surface area contributed by atoms with Gasteiger partial charge in [0.1, 0.15) is 18.0 Å². The van der Waals surface area contributed by atoms with Crippen molar-refractivity contribution >= 4 is 29.1 Å². The molecule has 1 aliphatic heterocycles. The topological polar surface area (TPSA) is 125 Å². The molecule has 178 valence electrons. The molecule has 3 atom stereocenters. The number of carboxylic acid groups (broad SMARTS) is 1. The highest BCUT2D eigenvalue weighted by Crippen LogP contribution is 2.49. The van der Waals surface area contributed by atoms with Crippen LogP contribution in [0.1, 0.15) is 23.6 Å². The fraction of sp³-hybridized carbons (Fsp3) is 0.280. The predicted molar refractivity (Wildman–Crippen MR) is 125 cm³/mol. The summed E-state index contributed by atoms with van der Waals surface area (Å²) in [6.45, 7) is 0.813. The van der Waals surface area contributed by atoms with E-state index in [0.717, 1.165) is 5.56 Å². The van der Waals surface area contributed by atoms with Crippen molar-refractivity contribution in [3.05, 3.63) is 81.9 Å². The zero-order valence-electron chi connectivity index (χ0n) is 18.4. The minimum absolute atomic E-state index is 0.0748. The van der Waals surface area contributed by atoms with Gasteiger partial charge in [-0.25, -0.2) is 9.18 Å². The first-order valence-electron chi connectivity index (χ1n) is 10.6. The molecule has 0 aromatic heterocycles. The van der Waals surface area contributed by atoms with Gasteiger partial charge < -0.3 is 26.0 Å². The van der Waals surface area contributed by atoms with E-state index in [1.165, 1.54) is 19.1 Å². The van der Waals surface area contributed by atoms with Gasteiger partial charge in [-0.3, -0.25) is 4.79 Å². The van der Waals surface area contributed by atoms with Crippen molar-refractivity contribution in [3.63, 3.8) is 0 Å². The maximum atomic E-state index is 16.1. The molecule has 7 nitrogen and oxygen atoms in total. The molecular formula is C25H24ClFN2O5. The number of ether oxygens (including phenoxy) is 2. The molecule has 1 heterocycles. The highest BCUT2D eigenvalue weighted by atomic mass is 35.5. The summed E-state index contributed by atoms with van der Waals surface area (Å²) in [5.74, 6) is -1.65. The standard InChI is InChI=1S/C25H24ClFN2O5/c1-24(33-12-19(30)31)10-9-15(23(29)32)21(22(24)27)20-16-11-25(13-28,14-5-3-2-4-6-14)34-18(16)8-7-17(20)26/h2-10,22H,11-13,28H2,1H3,(H2,29,32)(H,30,31)/t22?,24?,25-/m1/s1. The van der Waals surface area contributed by atoms with Crippen molar-refractivity contribution in [1.29, 1.82) is 0 Å². The summed E-state index contributed by atoms with van der Waals surface area (Å²) in [7, 11) is 0. The minimum Gasteiger partial charge on any atom is -0.481 e. The molecular weight excluding hydrogens is 463 g/mol. The summed E-state index contributed by atoms with van der Waals surface area (Å²) < 4.78 is 27.8. The van der Waals surface area contributed by atoms with E-state index in [-0.39, 0.29) is 34.7 Å². The third-order valence-corrected chi connectivity index (χ3v) is 6.60. The van der Waals surface area contributed by atoms with E-state index < -0.39 is 35.9 Å². The first-order valence-corrected chi connectivity index (χ1v) is 11.0. The quantitative estimate of drug-likeness (QED) is 0.552. The van der Waals surface area contributed by atoms with Crippen molar-refractivity contribution in [1.82, 2.24) is 0 Å². The maximum absolute atomic E-state index is 16.1. The number of carboxylic acids is 1. The molecule has 4 rings (SSSR count). The number of hydrogen-bond acceptors (Lipinski definition) is 5. The molecule has 0 fully saturated rings. The summed E-state index contributed by atoms with van der Waals surface area (Å²) in [5.41, 5.74) is 10.7. The lowest BCUT2D eigenvalue weighted by Crippen LogP contribution is -2.43. The van der Waals surface area contributed by atoms with Crippen LogP contribution in [0.15, 0.2) is 60.2 Å². The van der Waals surface area contributed by atoms with Crippen LogP contribution in [0.5, 0.6) is 5.75 Å². The number of amides is 1. The number of nitrogens with two attached hydrogens (primary N) is 2. The molecule has 5 N–H and O–H groups in total. The monoisotopic (exact) mass is 486 g/mol. The Morgan fingerprint density at radius 3 is 2.59 bits per heavy atom. The molecule has 1 aliphatic carbocycles. The molecule has 9 heteroatoms. The number of benzene rings is 2. The summed E-state index contributed by atoms with van der Waals surface area (Å²) in [4.78, 5) is 23.3. The Bertz CT molecular complexity index is 1220. The lowest BCUT2D eigenvalue weighted by atomic mass is 9.78. The number of aliphatic carboxylic acids is 1. The van der Waals surface area contributed by atoms with Crippen molar-refractivity contribution in [2.75, 3.05) is 13.2 Å². The Morgan fingerprint density at radius 1 is 1.26 bits per heavy atom. The van der Waals surface area contributed by atoms with Gasteiger partial charge in [-0.2, -0.15) is 0 Å². The molecule has 0 radical (unpaired) electrons. The van der Waals surface area contributed by atoms with Gasteiger partial charge in [0.15, 0.2) is 11.8 Å². The Labute approximate surface area is 200 Å². The highest BCUT2D eigenvalue weighted by molar-refractivity contribution is 6.33. The van der Waals surface area contributed by atoms with Gasteiger partial charge in [-0.15, -0.1) is 0 Å². The summed E-state index contributed by atoms with van der Waals surface area (Å²) in [6, 6.07) is 12.6. The van der Waals surface area contributed by atoms with E-state index in [2.05, 4.69) is 0 Å². The van der Waals surface area contributed by atoms with Gasteiger partial charge >= 0.3 is 5.97 Å². The SMILES string of the molecule is CC1(OCC(=O)O)C=CC(C(N)=O)=C(c2c(Cl)ccc3c2C[C@@](CN)(c2ccccc2)O3)C1F. The van der Waals surface area contributed by atoms with Gasteiger partial charge in [-0.1, -0.05) is 48.0 Å². The van der Waals surface area contributed by atoms with Gasteiger partial charge in [0.05, 0.1) is 0 Å². The molecule has 2 unspecified atom stereocenters. The first-order chi connectivity index (χ1) is 16.1. The van der Waals surface area contributed by atoms with E-state index >= 15 is 4.39 Å². The van der Waals surface area contributed by atoms with E-state index in [0.29, 0.717) is 11.3 Å². The van der Waals surface area contributed by atoms with Crippen molar-refractivity contribution in [2.24, 2.45) is 11.5 Å². The number of rotatable bonds is 7. The fourth-order valence-electron chi connectivity index (χ4n) is 4.49. The molecule has 2 aromatic rings. The number of alkyl halides is 1. The van der Waals surface area contributed by atoms with Gasteiger partial charge in [0.25, 0.3) is 0 Å². The lowest BCUT2D eigenvalue weighted by Gasteiger charge is -2.35. The molecule has 1 amide bonds. The Morgan fingerprint density at radius 2 is 1.97 bits per heavy atom. The van der Waals surface area contributed by atoms with Crippen molar-refractivity contribution < 1.29 is 28.6 Å². The van der Waals surface area contributed by atoms with E-state index in [9.17, 15) is 9.59 Å².